The molecule has 0 aromatic heterocycles. The monoisotopic (exact) mass is 317 g/mol. The van der Waals surface area contributed by atoms with Crippen molar-refractivity contribution >= 4 is 11.9 Å². The molecule has 23 heavy (non-hydrogen) atoms. The summed E-state index contributed by atoms with van der Waals surface area (Å²) in [4.78, 5) is 26.5. The molecule has 0 saturated carbocycles. The average Bonchev–Trinajstić information content (AvgIpc) is 2.82. The second-order valence-electron chi connectivity index (χ2n) is 6.45. The van der Waals surface area contributed by atoms with Gasteiger partial charge in [-0.25, -0.2) is 4.79 Å². The van der Waals surface area contributed by atoms with Crippen LogP contribution in [0.3, 0.4) is 0 Å². The molecule has 2 bridgehead atoms. The minimum absolute atomic E-state index is 0.00105. The van der Waals surface area contributed by atoms with E-state index in [9.17, 15) is 9.59 Å². The Balaban J connectivity index is 1.75. The maximum absolute atomic E-state index is 12.4. The van der Waals surface area contributed by atoms with Crippen LogP contribution in [0.15, 0.2) is 30.3 Å². The lowest BCUT2D eigenvalue weighted by Gasteiger charge is -2.42. The number of nitrogens with zero attached hydrogens (tertiary/aromatic N) is 1. The molecule has 0 aliphatic carbocycles. The first-order valence-corrected chi connectivity index (χ1v) is 8.15. The maximum Gasteiger partial charge on any atom is 0.338 e. The van der Waals surface area contributed by atoms with Crippen molar-refractivity contribution < 1.29 is 19.1 Å². The molecule has 0 spiro atoms. The van der Waals surface area contributed by atoms with E-state index in [2.05, 4.69) is 11.9 Å². The van der Waals surface area contributed by atoms with Gasteiger partial charge < -0.3 is 9.47 Å². The predicted octanol–water partition coefficient (Wildman–Crippen LogP) is 2.26. The van der Waals surface area contributed by atoms with Gasteiger partial charge in [-0.05, 0) is 32.0 Å². The third-order valence-corrected chi connectivity index (χ3v) is 5.27. The Morgan fingerprint density at radius 2 is 1.96 bits per heavy atom. The fourth-order valence-electron chi connectivity index (χ4n) is 3.99. The van der Waals surface area contributed by atoms with E-state index in [4.69, 9.17) is 9.47 Å². The molecule has 4 atom stereocenters. The Kier molecular flexibility index (Phi) is 4.66. The third kappa shape index (κ3) is 3.24. The van der Waals surface area contributed by atoms with Crippen LogP contribution in [0.2, 0.25) is 0 Å². The van der Waals surface area contributed by atoms with Gasteiger partial charge in [0.05, 0.1) is 19.1 Å². The summed E-state index contributed by atoms with van der Waals surface area (Å²) < 4.78 is 10.6. The summed E-state index contributed by atoms with van der Waals surface area (Å²) in [5.74, 6) is -0.553. The standard InChI is InChI=1S/C18H23NO4/c1-19-13-8-9-15(19)14(11-17(20)22-2)16(10-13)23-18(21)12-6-4-3-5-7-12/h3-7,13-16H,8-11H2,1-2H3/t13-,14?,15?,16+/m1/s1. The highest BCUT2D eigenvalue weighted by Crippen LogP contribution is 2.41. The molecule has 124 valence electrons. The van der Waals surface area contributed by atoms with E-state index in [0.717, 1.165) is 19.3 Å². The molecule has 2 fully saturated rings. The fourth-order valence-corrected chi connectivity index (χ4v) is 3.99. The summed E-state index contributed by atoms with van der Waals surface area (Å²) in [6, 6.07) is 9.72. The zero-order chi connectivity index (χ0) is 16.4. The van der Waals surface area contributed by atoms with Gasteiger partial charge in [0.2, 0.25) is 0 Å². The highest BCUT2D eigenvalue weighted by atomic mass is 16.5. The third-order valence-electron chi connectivity index (χ3n) is 5.27. The van der Waals surface area contributed by atoms with Crippen LogP contribution < -0.4 is 0 Å². The molecule has 2 aliphatic rings. The van der Waals surface area contributed by atoms with Gasteiger partial charge in [0.25, 0.3) is 0 Å². The molecule has 2 heterocycles. The lowest BCUT2D eigenvalue weighted by molar-refractivity contribution is -0.144. The van der Waals surface area contributed by atoms with Gasteiger partial charge in [0.15, 0.2) is 0 Å². The van der Waals surface area contributed by atoms with E-state index >= 15 is 0 Å². The number of carbonyl (C=O) groups excluding carboxylic acids is 2. The van der Waals surface area contributed by atoms with Gasteiger partial charge in [-0.2, -0.15) is 0 Å². The Hall–Kier alpha value is -1.88. The lowest BCUT2D eigenvalue weighted by Crippen LogP contribution is -2.51. The summed E-state index contributed by atoms with van der Waals surface area (Å²) in [7, 11) is 3.50. The van der Waals surface area contributed by atoms with Crippen molar-refractivity contribution in [2.75, 3.05) is 14.2 Å². The molecule has 1 aromatic rings. The Bertz CT molecular complexity index is 574. The van der Waals surface area contributed by atoms with E-state index in [-0.39, 0.29) is 30.0 Å². The van der Waals surface area contributed by atoms with Gasteiger partial charge >= 0.3 is 11.9 Å². The van der Waals surface area contributed by atoms with Crippen LogP contribution >= 0.6 is 0 Å². The molecule has 1 aromatic carbocycles. The van der Waals surface area contributed by atoms with Crippen molar-refractivity contribution in [1.29, 1.82) is 0 Å². The Morgan fingerprint density at radius 3 is 2.65 bits per heavy atom. The van der Waals surface area contributed by atoms with E-state index in [1.807, 2.05) is 18.2 Å². The SMILES string of the molecule is COC(=O)CC1C2CC[C@H](C[C@@H]1OC(=O)c1ccccc1)N2C. The molecular formula is C18H23NO4. The van der Waals surface area contributed by atoms with Crippen molar-refractivity contribution in [3.05, 3.63) is 35.9 Å². The minimum atomic E-state index is -0.311. The van der Waals surface area contributed by atoms with Crippen LogP contribution in [0.25, 0.3) is 0 Å². The van der Waals surface area contributed by atoms with Crippen molar-refractivity contribution in [2.24, 2.45) is 5.92 Å². The van der Waals surface area contributed by atoms with Crippen molar-refractivity contribution in [3.63, 3.8) is 0 Å². The highest BCUT2D eigenvalue weighted by Gasteiger charge is 2.47. The number of benzene rings is 1. The first-order chi connectivity index (χ1) is 11.1. The maximum atomic E-state index is 12.4. The molecule has 0 N–H and O–H groups in total. The van der Waals surface area contributed by atoms with Crippen LogP contribution in [-0.4, -0.2) is 49.2 Å². The number of esters is 2. The Labute approximate surface area is 136 Å². The Morgan fingerprint density at radius 1 is 1.22 bits per heavy atom. The number of ether oxygens (including phenoxy) is 2. The first kappa shape index (κ1) is 16.0. The zero-order valence-corrected chi connectivity index (χ0v) is 13.6. The summed E-state index contributed by atoms with van der Waals surface area (Å²) in [5, 5.41) is 0. The van der Waals surface area contributed by atoms with Gasteiger partial charge in [-0.15, -0.1) is 0 Å². The molecule has 2 unspecified atom stereocenters. The zero-order valence-electron chi connectivity index (χ0n) is 13.6. The molecule has 5 heteroatoms. The van der Waals surface area contributed by atoms with E-state index in [1.165, 1.54) is 7.11 Å². The number of fused-ring (bicyclic) bond motifs is 2. The number of methoxy groups -OCH3 is 1. The van der Waals surface area contributed by atoms with Crippen molar-refractivity contribution in [1.82, 2.24) is 4.90 Å². The molecule has 0 amide bonds. The normalized spacial score (nSPS) is 30.0. The molecule has 3 rings (SSSR count). The summed E-state index contributed by atoms with van der Waals surface area (Å²) in [6.45, 7) is 0. The highest BCUT2D eigenvalue weighted by molar-refractivity contribution is 5.89. The number of carbonyl (C=O) groups is 2. The van der Waals surface area contributed by atoms with Crippen molar-refractivity contribution in [3.8, 4) is 0 Å². The van der Waals surface area contributed by atoms with Gasteiger partial charge in [-0.3, -0.25) is 9.69 Å². The van der Waals surface area contributed by atoms with Crippen LogP contribution in [-0.2, 0) is 14.3 Å². The molecule has 5 nitrogen and oxygen atoms in total. The van der Waals surface area contributed by atoms with E-state index in [1.54, 1.807) is 12.1 Å². The van der Waals surface area contributed by atoms with Crippen LogP contribution in [0.1, 0.15) is 36.0 Å². The first-order valence-electron chi connectivity index (χ1n) is 8.15. The lowest BCUT2D eigenvalue weighted by atomic mass is 9.85. The minimum Gasteiger partial charge on any atom is -0.469 e. The van der Waals surface area contributed by atoms with Gasteiger partial charge in [-0.1, -0.05) is 18.2 Å². The largest absolute Gasteiger partial charge is 0.469 e. The number of hydrogen-bond acceptors (Lipinski definition) is 5. The van der Waals surface area contributed by atoms with E-state index in [0.29, 0.717) is 18.0 Å². The smallest absolute Gasteiger partial charge is 0.338 e. The fraction of sp³-hybridized carbons (Fsp3) is 0.556. The summed E-state index contributed by atoms with van der Waals surface area (Å²) in [5.41, 5.74) is 0.551. The number of piperidine rings is 1. The number of rotatable bonds is 4. The van der Waals surface area contributed by atoms with Crippen LogP contribution in [0, 0.1) is 5.92 Å². The second kappa shape index (κ2) is 6.71. The summed E-state index contributed by atoms with van der Waals surface area (Å²) in [6.07, 6.45) is 2.99. The van der Waals surface area contributed by atoms with Crippen LogP contribution in [0.4, 0.5) is 0 Å². The topological polar surface area (TPSA) is 55.8 Å². The predicted molar refractivity (Wildman–Crippen MR) is 85.0 cm³/mol. The summed E-state index contributed by atoms with van der Waals surface area (Å²) >= 11 is 0. The molecular weight excluding hydrogens is 294 g/mol. The quantitative estimate of drug-likeness (QED) is 0.797. The number of hydrogen-bond donors (Lipinski definition) is 0. The van der Waals surface area contributed by atoms with E-state index < -0.39 is 0 Å². The van der Waals surface area contributed by atoms with Gasteiger partial charge in [0.1, 0.15) is 6.10 Å². The van der Waals surface area contributed by atoms with Crippen molar-refractivity contribution in [2.45, 2.75) is 43.9 Å². The van der Waals surface area contributed by atoms with Gasteiger partial charge in [0, 0.05) is 24.4 Å². The second-order valence-corrected chi connectivity index (χ2v) is 6.45. The average molecular weight is 317 g/mol. The molecule has 2 aliphatic heterocycles. The van der Waals surface area contributed by atoms with Crippen LogP contribution in [0.5, 0.6) is 0 Å². The molecule has 0 radical (unpaired) electrons. The molecule has 2 saturated heterocycles.